The Hall–Kier alpha value is -9.45. The number of hydrogen-bond donors (Lipinski definition) is 0. The zero-order valence-electron chi connectivity index (χ0n) is 68.6. The summed E-state index contributed by atoms with van der Waals surface area (Å²) in [6.07, 6.45) is 7.57. The quantitative estimate of drug-likeness (QED) is 0.0625. The summed E-state index contributed by atoms with van der Waals surface area (Å²) in [5.74, 6) is 1.32. The molecular weight excluding hydrogens is 1350 g/mol. The van der Waals surface area contributed by atoms with Gasteiger partial charge in [-0.25, -0.2) is 4.98 Å². The maximum atomic E-state index is 10.2. The fourth-order valence-corrected chi connectivity index (χ4v) is 18.4. The van der Waals surface area contributed by atoms with Crippen LogP contribution < -0.4 is 30.1 Å². The average Bonchev–Trinajstić information content (AvgIpc) is 1.68. The van der Waals surface area contributed by atoms with E-state index in [0.717, 1.165) is 85.2 Å². The van der Waals surface area contributed by atoms with Crippen LogP contribution in [0.5, 0.6) is 11.5 Å². The van der Waals surface area contributed by atoms with Gasteiger partial charge < -0.3 is 13.9 Å². The van der Waals surface area contributed by atoms with Gasteiger partial charge in [0.15, 0.2) is 8.07 Å². The summed E-state index contributed by atoms with van der Waals surface area (Å²) < 4.78 is 148. The summed E-state index contributed by atoms with van der Waals surface area (Å²) in [5.41, 5.74) is 13.5. The van der Waals surface area contributed by atoms with Crippen molar-refractivity contribution in [2.75, 3.05) is 0 Å². The Balaban J connectivity index is 0.00000946. The van der Waals surface area contributed by atoms with E-state index in [1.807, 2.05) is 71.4 Å². The summed E-state index contributed by atoms with van der Waals surface area (Å²) in [6.45, 7) is 22.2. The van der Waals surface area contributed by atoms with Gasteiger partial charge in [0.25, 0.3) is 6.33 Å². The van der Waals surface area contributed by atoms with Gasteiger partial charge in [-0.1, -0.05) is 269 Å². The van der Waals surface area contributed by atoms with Gasteiger partial charge in [-0.15, -0.1) is 29.7 Å². The number of rotatable bonds is 9. The van der Waals surface area contributed by atoms with Gasteiger partial charge in [-0.3, -0.25) is 4.57 Å². The van der Waals surface area contributed by atoms with Crippen molar-refractivity contribution < 1.29 is 49.6 Å². The first-order valence-electron chi connectivity index (χ1n) is 39.1. The van der Waals surface area contributed by atoms with E-state index in [2.05, 4.69) is 171 Å². The monoisotopic (exact) mass is 1440 g/mol. The SMILES string of the molecule is [2H]c1cc([Si](c2cc3c4c(c2)n(-c2[c-]c(Oc5[c-]c6c(cc5)c5ccccc5n6-c5cc(C(C)(C)C)ccn5)ccc2)[c-][n+]4-c2c(-c4ccc(C(C)(C)C)cc4)cccc2-c2cc4c(cc2-c2ccccc2-3)C(C)(C)CCC4(C)C)(c2c([2H])c([2H])c([2H])c([2H])c2[2H])c2c([2H])c([2H])c([2H])c([2H])c2[2H])c([2H])c([2H])c1[2H].[Pt]. The molecule has 470 valence electrons. The maximum absolute atomic E-state index is 10.2. The largest absolute Gasteiger partial charge is 0.510 e. The minimum atomic E-state index is -5.61. The molecule has 14 aromatic rings. The summed E-state index contributed by atoms with van der Waals surface area (Å²) in [6, 6.07) is 50.3. The Morgan fingerprint density at radius 2 is 1.08 bits per heavy atom. The van der Waals surface area contributed by atoms with Crippen molar-refractivity contribution in [2.24, 2.45) is 0 Å². The molecule has 3 aromatic heterocycles. The molecule has 1 aliphatic carbocycles. The summed E-state index contributed by atoms with van der Waals surface area (Å²) in [5, 5.41) is 0.620. The second kappa shape index (κ2) is 23.2. The smallest absolute Gasteiger partial charge is 0.268 e. The van der Waals surface area contributed by atoms with Crippen molar-refractivity contribution in [2.45, 2.75) is 104 Å². The van der Waals surface area contributed by atoms with Gasteiger partial charge in [0, 0.05) is 44.3 Å². The molecule has 0 saturated carbocycles. The van der Waals surface area contributed by atoms with E-state index in [1.54, 1.807) is 22.8 Å². The molecule has 0 atom stereocenters. The fraction of sp³-hybridized carbons (Fsp3) is 0.182. The van der Waals surface area contributed by atoms with Gasteiger partial charge in [-0.05, 0) is 157 Å². The molecule has 5 nitrogen and oxygen atoms in total. The van der Waals surface area contributed by atoms with Crippen molar-refractivity contribution in [3.05, 3.63) is 295 Å². The van der Waals surface area contributed by atoms with Crippen molar-refractivity contribution >= 4 is 61.7 Å². The number of ether oxygens (including phenoxy) is 1. The van der Waals surface area contributed by atoms with Crippen LogP contribution in [0.2, 0.25) is 0 Å². The van der Waals surface area contributed by atoms with Gasteiger partial charge in [-0.2, -0.15) is 18.2 Å². The first-order chi connectivity index (χ1) is 51.1. The molecule has 0 N–H and O–H groups in total. The molecule has 2 aliphatic rings. The molecule has 1 aliphatic heterocycles. The molecule has 0 bridgehead atoms. The predicted octanol–water partition coefficient (Wildman–Crippen LogP) is 18.9. The second-order valence-corrected chi connectivity index (χ2v) is 32.0. The van der Waals surface area contributed by atoms with Crippen LogP contribution in [0.3, 0.4) is 0 Å². The van der Waals surface area contributed by atoms with Crippen LogP contribution in [0.15, 0.2) is 255 Å². The zero-order chi connectivity index (χ0) is 76.7. The third-order valence-electron chi connectivity index (χ3n) is 19.6. The summed E-state index contributed by atoms with van der Waals surface area (Å²) in [4.78, 5) is 4.91. The summed E-state index contributed by atoms with van der Waals surface area (Å²) >= 11 is 0. The fourth-order valence-electron chi connectivity index (χ4n) is 14.5. The van der Waals surface area contributed by atoms with Crippen LogP contribution >= 0.6 is 0 Å². The molecule has 4 heterocycles. The van der Waals surface area contributed by atoms with Crippen LogP contribution in [0.4, 0.5) is 0 Å². The van der Waals surface area contributed by atoms with E-state index < -0.39 is 103 Å². The Bertz CT molecular complexity index is 6080. The number of para-hydroxylation sites is 2. The number of fused-ring (bicyclic) bond motifs is 11. The van der Waals surface area contributed by atoms with Crippen LogP contribution in [0.1, 0.15) is 124 Å². The normalized spacial score (nSPS) is 16.1. The van der Waals surface area contributed by atoms with E-state index in [0.29, 0.717) is 45.1 Å². The third-order valence-corrected chi connectivity index (χ3v) is 23.8. The minimum Gasteiger partial charge on any atom is -0.510 e. The molecule has 11 aromatic carbocycles. The Kier molecular flexibility index (Phi) is 11.6. The molecule has 0 unspecified atom stereocenters. The van der Waals surface area contributed by atoms with Crippen LogP contribution in [-0.4, -0.2) is 22.2 Å². The van der Waals surface area contributed by atoms with E-state index >= 15 is 0 Å². The van der Waals surface area contributed by atoms with Crippen LogP contribution in [0.25, 0.3) is 94.5 Å². The zero-order valence-corrected chi connectivity index (χ0v) is 57.9. The van der Waals surface area contributed by atoms with E-state index in [-0.39, 0.29) is 58.8 Å². The number of nitrogens with zero attached hydrogens (tertiary/aromatic N) is 4. The molecule has 0 fully saturated rings. The number of aromatic nitrogens is 4. The van der Waals surface area contributed by atoms with Gasteiger partial charge >= 0.3 is 0 Å². The second-order valence-electron chi connectivity index (χ2n) is 28.4. The topological polar surface area (TPSA) is 35.9 Å². The van der Waals surface area contributed by atoms with Gasteiger partial charge in [0.05, 0.1) is 35.9 Å². The average molecular weight is 1440 g/mol. The minimum absolute atomic E-state index is 0. The number of pyridine rings is 1. The predicted molar refractivity (Wildman–Crippen MR) is 392 cm³/mol. The Labute approximate surface area is 594 Å². The third kappa shape index (κ3) is 10.3. The standard InChI is InChI=1S/C88H76N4OSi.Pt/c1-85(2,3)59-42-40-58(41-43-59)68-37-25-38-73-75-56-78-77(87(7,8)47-48-88(78,9)10)55-74(75)69-34-20-21-35-70(69)76-53-67(94(64-28-14-11-15-29-64,65-30-16-12-17-31-65)66-32-18-13-19-33-66)54-81-84(76)91(83(68)73)57-90(81)61-26-24-27-62(51-61)93-63-44-45-72-71-36-22-23-39-79(71)92(80(72)52-63)82-50-60(46-49-89-82)86(4,5)6;/h11-46,49-50,53-56H,47-48H2,1-10H3;/q-2;/i11D,12D,13D,14D,15D,16D,17D,18D,19D,28D,29D,30D,31D,32D;. The van der Waals surface area contributed by atoms with Crippen molar-refractivity contribution in [3.63, 3.8) is 0 Å². The summed E-state index contributed by atoms with van der Waals surface area (Å²) in [7, 11) is -5.61. The Morgan fingerprint density at radius 1 is 0.495 bits per heavy atom. The molecular formula is C88H76N4OPtSi-2. The molecule has 7 heteroatoms. The maximum Gasteiger partial charge on any atom is 0.268 e. The first-order valence-corrected chi connectivity index (χ1v) is 34.1. The molecule has 95 heavy (non-hydrogen) atoms. The van der Waals surface area contributed by atoms with Crippen molar-refractivity contribution in [1.82, 2.24) is 14.1 Å². The van der Waals surface area contributed by atoms with E-state index in [9.17, 15) is 15.1 Å². The van der Waals surface area contributed by atoms with Crippen LogP contribution in [0, 0.1) is 18.5 Å². The molecule has 0 spiro atoms. The van der Waals surface area contributed by atoms with Gasteiger partial charge in [0.2, 0.25) is 0 Å². The van der Waals surface area contributed by atoms with E-state index in [1.165, 1.54) is 11.1 Å². The van der Waals surface area contributed by atoms with Crippen LogP contribution in [-0.2, 0) is 42.7 Å². The molecule has 0 radical (unpaired) electrons. The van der Waals surface area contributed by atoms with E-state index in [4.69, 9.17) is 13.8 Å². The Morgan fingerprint density at radius 3 is 1.77 bits per heavy atom. The molecule has 16 rings (SSSR count). The van der Waals surface area contributed by atoms with Crippen molar-refractivity contribution in [1.29, 1.82) is 0 Å². The van der Waals surface area contributed by atoms with Gasteiger partial charge in [0.1, 0.15) is 5.82 Å². The molecule has 0 amide bonds. The van der Waals surface area contributed by atoms with Crippen molar-refractivity contribution in [3.8, 4) is 73.2 Å². The molecule has 0 saturated heterocycles. The number of benzene rings is 11. The number of imidazole rings is 1. The first kappa shape index (κ1) is 47.4. The number of hydrogen-bond acceptors (Lipinski definition) is 2.